The zero-order chi connectivity index (χ0) is 17.1. The van der Waals surface area contributed by atoms with E-state index in [1.54, 1.807) is 30.0 Å². The SMILES string of the molecule is Cc1nnc(CSc2nnc(-c3cccs3)n2Cc2ccccc2)o1. The molecule has 6 nitrogen and oxygen atoms in total. The Balaban J connectivity index is 1.63. The third kappa shape index (κ3) is 3.64. The molecule has 0 atom stereocenters. The molecule has 126 valence electrons. The van der Waals surface area contributed by atoms with Crippen molar-refractivity contribution in [1.29, 1.82) is 0 Å². The van der Waals surface area contributed by atoms with Gasteiger partial charge in [0.2, 0.25) is 11.8 Å². The van der Waals surface area contributed by atoms with Gasteiger partial charge in [-0.05, 0) is 17.0 Å². The van der Waals surface area contributed by atoms with Crippen LogP contribution in [0.1, 0.15) is 17.3 Å². The zero-order valence-corrected chi connectivity index (χ0v) is 15.1. The van der Waals surface area contributed by atoms with E-state index < -0.39 is 0 Å². The lowest BCUT2D eigenvalue weighted by atomic mass is 10.2. The molecule has 0 saturated heterocycles. The highest BCUT2D eigenvalue weighted by molar-refractivity contribution is 7.98. The van der Waals surface area contributed by atoms with E-state index in [4.69, 9.17) is 4.42 Å². The topological polar surface area (TPSA) is 69.6 Å². The maximum atomic E-state index is 5.44. The van der Waals surface area contributed by atoms with Crippen LogP contribution in [0.5, 0.6) is 0 Å². The molecule has 0 aliphatic carbocycles. The second-order valence-corrected chi connectivity index (χ2v) is 7.25. The maximum absolute atomic E-state index is 5.44. The average molecular weight is 369 g/mol. The number of hydrogen-bond donors (Lipinski definition) is 0. The summed E-state index contributed by atoms with van der Waals surface area (Å²) in [7, 11) is 0. The van der Waals surface area contributed by atoms with Gasteiger partial charge in [0.25, 0.3) is 0 Å². The highest BCUT2D eigenvalue weighted by atomic mass is 32.2. The molecular formula is C17H15N5OS2. The van der Waals surface area contributed by atoms with Crippen molar-refractivity contribution in [2.75, 3.05) is 0 Å². The Morgan fingerprint density at radius 1 is 1.04 bits per heavy atom. The van der Waals surface area contributed by atoms with Gasteiger partial charge in [-0.2, -0.15) is 0 Å². The second kappa shape index (κ2) is 7.20. The van der Waals surface area contributed by atoms with Crippen molar-refractivity contribution in [3.63, 3.8) is 0 Å². The summed E-state index contributed by atoms with van der Waals surface area (Å²) in [4.78, 5) is 1.10. The van der Waals surface area contributed by atoms with Crippen molar-refractivity contribution in [3.8, 4) is 10.7 Å². The molecule has 0 bridgehead atoms. The van der Waals surface area contributed by atoms with Crippen molar-refractivity contribution >= 4 is 23.1 Å². The maximum Gasteiger partial charge on any atom is 0.226 e. The van der Waals surface area contributed by atoms with Crippen molar-refractivity contribution < 1.29 is 4.42 Å². The van der Waals surface area contributed by atoms with Gasteiger partial charge in [0, 0.05) is 6.92 Å². The van der Waals surface area contributed by atoms with Crippen LogP contribution in [0.2, 0.25) is 0 Å². The normalized spacial score (nSPS) is 11.1. The van der Waals surface area contributed by atoms with Gasteiger partial charge in [-0.1, -0.05) is 48.2 Å². The van der Waals surface area contributed by atoms with Gasteiger partial charge in [0.05, 0.1) is 17.2 Å². The molecule has 1 aromatic carbocycles. The van der Waals surface area contributed by atoms with Gasteiger partial charge < -0.3 is 4.42 Å². The first-order valence-corrected chi connectivity index (χ1v) is 9.59. The Labute approximate surface area is 152 Å². The number of rotatable bonds is 6. The number of hydrogen-bond acceptors (Lipinski definition) is 7. The number of aryl methyl sites for hydroxylation is 1. The number of nitrogens with zero attached hydrogens (tertiary/aromatic N) is 5. The zero-order valence-electron chi connectivity index (χ0n) is 13.5. The van der Waals surface area contributed by atoms with E-state index in [9.17, 15) is 0 Å². The minimum absolute atomic E-state index is 0.568. The van der Waals surface area contributed by atoms with E-state index in [0.717, 1.165) is 15.9 Å². The molecule has 0 N–H and O–H groups in total. The monoisotopic (exact) mass is 369 g/mol. The average Bonchev–Trinajstić information content (AvgIpc) is 3.35. The van der Waals surface area contributed by atoms with E-state index >= 15 is 0 Å². The minimum Gasteiger partial charge on any atom is -0.425 e. The molecule has 0 unspecified atom stereocenters. The Morgan fingerprint density at radius 3 is 2.64 bits per heavy atom. The summed E-state index contributed by atoms with van der Waals surface area (Å²) in [5.41, 5.74) is 1.20. The molecule has 3 heterocycles. The molecular weight excluding hydrogens is 354 g/mol. The Bertz CT molecular complexity index is 947. The van der Waals surface area contributed by atoms with Crippen molar-refractivity contribution in [2.45, 2.75) is 24.4 Å². The smallest absolute Gasteiger partial charge is 0.226 e. The fraction of sp³-hybridized carbons (Fsp3) is 0.176. The van der Waals surface area contributed by atoms with Crippen LogP contribution in [0.15, 0.2) is 57.4 Å². The number of thiophene rings is 1. The van der Waals surface area contributed by atoms with Crippen molar-refractivity contribution in [1.82, 2.24) is 25.0 Å². The molecule has 0 radical (unpaired) electrons. The van der Waals surface area contributed by atoms with Crippen molar-refractivity contribution in [2.24, 2.45) is 0 Å². The summed E-state index contributed by atoms with van der Waals surface area (Å²) in [5, 5.41) is 19.6. The molecule has 4 aromatic rings. The molecule has 0 amide bonds. The highest BCUT2D eigenvalue weighted by Crippen LogP contribution is 2.29. The fourth-order valence-corrected chi connectivity index (χ4v) is 3.91. The predicted octanol–water partition coefficient (Wildman–Crippen LogP) is 4.04. The lowest BCUT2D eigenvalue weighted by Gasteiger charge is -2.09. The van der Waals surface area contributed by atoms with Crippen LogP contribution in [0, 0.1) is 6.92 Å². The van der Waals surface area contributed by atoms with E-state index in [-0.39, 0.29) is 0 Å². The van der Waals surface area contributed by atoms with Gasteiger partial charge in [-0.25, -0.2) is 0 Å². The van der Waals surface area contributed by atoms with Gasteiger partial charge >= 0.3 is 0 Å². The van der Waals surface area contributed by atoms with Crippen LogP contribution >= 0.6 is 23.1 Å². The van der Waals surface area contributed by atoms with Crippen LogP contribution in [-0.2, 0) is 12.3 Å². The largest absolute Gasteiger partial charge is 0.425 e. The van der Waals surface area contributed by atoms with Crippen LogP contribution < -0.4 is 0 Å². The highest BCUT2D eigenvalue weighted by Gasteiger charge is 2.16. The van der Waals surface area contributed by atoms with Crippen LogP contribution in [0.4, 0.5) is 0 Å². The summed E-state index contributed by atoms with van der Waals surface area (Å²) in [5.74, 6) is 2.61. The summed E-state index contributed by atoms with van der Waals surface area (Å²) in [6.45, 7) is 2.50. The third-order valence-electron chi connectivity index (χ3n) is 3.53. The molecule has 0 aliphatic heterocycles. The summed E-state index contributed by atoms with van der Waals surface area (Å²) in [6.07, 6.45) is 0. The quantitative estimate of drug-likeness (QED) is 0.478. The molecule has 3 aromatic heterocycles. The second-order valence-electron chi connectivity index (χ2n) is 5.36. The molecule has 0 fully saturated rings. The number of thioether (sulfide) groups is 1. The lowest BCUT2D eigenvalue weighted by Crippen LogP contribution is -2.03. The van der Waals surface area contributed by atoms with Gasteiger partial charge in [-0.15, -0.1) is 31.7 Å². The van der Waals surface area contributed by atoms with Crippen LogP contribution in [0.3, 0.4) is 0 Å². The first-order chi connectivity index (χ1) is 12.3. The molecule has 8 heteroatoms. The Hall–Kier alpha value is -2.45. The first kappa shape index (κ1) is 16.0. The van der Waals surface area contributed by atoms with Crippen LogP contribution in [0.25, 0.3) is 10.7 Å². The van der Waals surface area contributed by atoms with E-state index in [0.29, 0.717) is 24.1 Å². The summed E-state index contributed by atoms with van der Waals surface area (Å²) < 4.78 is 7.58. The van der Waals surface area contributed by atoms with E-state index in [1.165, 1.54) is 5.56 Å². The fourth-order valence-electron chi connectivity index (χ4n) is 2.41. The number of benzene rings is 1. The van der Waals surface area contributed by atoms with E-state index in [1.807, 2.05) is 29.6 Å². The van der Waals surface area contributed by atoms with E-state index in [2.05, 4.69) is 43.2 Å². The van der Waals surface area contributed by atoms with Gasteiger partial charge in [-0.3, -0.25) is 4.57 Å². The predicted molar refractivity (Wildman–Crippen MR) is 97.5 cm³/mol. The Morgan fingerprint density at radius 2 is 1.92 bits per heavy atom. The third-order valence-corrected chi connectivity index (χ3v) is 5.35. The molecule has 0 saturated carbocycles. The van der Waals surface area contributed by atoms with Crippen LogP contribution in [-0.4, -0.2) is 25.0 Å². The van der Waals surface area contributed by atoms with Gasteiger partial charge in [0.15, 0.2) is 11.0 Å². The minimum atomic E-state index is 0.568. The molecule has 0 aliphatic rings. The molecule has 0 spiro atoms. The van der Waals surface area contributed by atoms with Gasteiger partial charge in [0.1, 0.15) is 0 Å². The molecule has 25 heavy (non-hydrogen) atoms. The first-order valence-electron chi connectivity index (χ1n) is 7.72. The Kier molecular flexibility index (Phi) is 4.62. The lowest BCUT2D eigenvalue weighted by molar-refractivity contribution is 0.485. The number of aromatic nitrogens is 5. The standard InChI is InChI=1S/C17H15N5OS2/c1-12-18-19-15(23-12)11-25-17-21-20-16(14-8-5-9-24-14)22(17)10-13-6-3-2-4-7-13/h2-9H,10-11H2,1H3. The summed E-state index contributed by atoms with van der Waals surface area (Å²) >= 11 is 3.21. The van der Waals surface area contributed by atoms with Crippen molar-refractivity contribution in [3.05, 3.63) is 65.2 Å². The summed E-state index contributed by atoms with van der Waals surface area (Å²) in [6, 6.07) is 14.4. The molecule has 4 rings (SSSR count).